The van der Waals surface area contributed by atoms with Gasteiger partial charge in [0.1, 0.15) is 0 Å². The number of benzene rings is 1. The molecule has 25 heavy (non-hydrogen) atoms. The smallest absolute Gasteiger partial charge is 0.244 e. The average molecular weight is 339 g/mol. The summed E-state index contributed by atoms with van der Waals surface area (Å²) in [5.74, 6) is 0.118. The number of nitrogens with zero attached hydrogens (tertiary/aromatic N) is 3. The number of hydrogen-bond donors (Lipinski definition) is 1. The molecule has 1 atom stereocenters. The van der Waals surface area contributed by atoms with E-state index in [4.69, 9.17) is 0 Å². The summed E-state index contributed by atoms with van der Waals surface area (Å²) in [5, 5.41) is 9.46. The third-order valence-electron chi connectivity index (χ3n) is 4.69. The van der Waals surface area contributed by atoms with Crippen molar-refractivity contribution in [3.05, 3.63) is 59.9 Å². The second-order valence-electron chi connectivity index (χ2n) is 6.54. The van der Waals surface area contributed by atoms with E-state index in [0.717, 1.165) is 30.6 Å². The quantitative estimate of drug-likeness (QED) is 0.878. The summed E-state index contributed by atoms with van der Waals surface area (Å²) in [7, 11) is 0. The fraction of sp³-hybridized carbons (Fsp3) is 0.400. The van der Waals surface area contributed by atoms with Crippen LogP contribution in [-0.4, -0.2) is 46.6 Å². The Balaban J connectivity index is 1.78. The van der Waals surface area contributed by atoms with E-state index in [2.05, 4.69) is 9.88 Å². The Morgan fingerprint density at radius 2 is 2.08 bits per heavy atom. The first-order chi connectivity index (χ1) is 12.2. The van der Waals surface area contributed by atoms with E-state index in [-0.39, 0.29) is 18.6 Å². The van der Waals surface area contributed by atoms with Crippen LogP contribution in [0.15, 0.2) is 48.8 Å². The Hall–Kier alpha value is -2.24. The number of carbonyl (C=O) groups excluding carboxylic acids is 1. The van der Waals surface area contributed by atoms with Gasteiger partial charge in [0, 0.05) is 37.7 Å². The van der Waals surface area contributed by atoms with Gasteiger partial charge in [-0.2, -0.15) is 0 Å². The third kappa shape index (κ3) is 4.24. The Morgan fingerprint density at radius 1 is 1.28 bits per heavy atom. The number of hydrogen-bond acceptors (Lipinski definition) is 4. The predicted molar refractivity (Wildman–Crippen MR) is 98.3 cm³/mol. The van der Waals surface area contributed by atoms with Gasteiger partial charge in [-0.15, -0.1) is 0 Å². The van der Waals surface area contributed by atoms with Crippen LogP contribution in [0.2, 0.25) is 0 Å². The molecule has 132 valence electrons. The average Bonchev–Trinajstić information content (AvgIpc) is 2.63. The van der Waals surface area contributed by atoms with E-state index >= 15 is 0 Å². The van der Waals surface area contributed by atoms with E-state index in [0.29, 0.717) is 13.1 Å². The van der Waals surface area contributed by atoms with Crippen molar-refractivity contribution in [2.24, 2.45) is 0 Å². The minimum absolute atomic E-state index is 0.0363. The fourth-order valence-corrected chi connectivity index (χ4v) is 3.38. The van der Waals surface area contributed by atoms with Crippen LogP contribution >= 0.6 is 0 Å². The highest BCUT2D eigenvalue weighted by Crippen LogP contribution is 2.25. The van der Waals surface area contributed by atoms with E-state index in [9.17, 15) is 9.90 Å². The number of pyridine rings is 1. The van der Waals surface area contributed by atoms with Gasteiger partial charge in [0.05, 0.1) is 12.6 Å². The van der Waals surface area contributed by atoms with Crippen molar-refractivity contribution >= 4 is 11.6 Å². The van der Waals surface area contributed by atoms with Gasteiger partial charge in [-0.05, 0) is 43.5 Å². The van der Waals surface area contributed by atoms with Crippen molar-refractivity contribution in [3.8, 4) is 0 Å². The molecule has 2 heterocycles. The van der Waals surface area contributed by atoms with Crippen LogP contribution in [0.4, 0.5) is 5.69 Å². The van der Waals surface area contributed by atoms with Gasteiger partial charge in [0.25, 0.3) is 0 Å². The van der Waals surface area contributed by atoms with Crippen molar-refractivity contribution in [2.75, 3.05) is 24.6 Å². The predicted octanol–water partition coefficient (Wildman–Crippen LogP) is 2.38. The maximum absolute atomic E-state index is 13.1. The molecule has 1 aromatic heterocycles. The van der Waals surface area contributed by atoms with Crippen molar-refractivity contribution in [1.82, 2.24) is 9.88 Å². The van der Waals surface area contributed by atoms with Crippen LogP contribution in [0.3, 0.4) is 0 Å². The molecule has 1 aliphatic heterocycles. The molecular weight excluding hydrogens is 314 g/mol. The Morgan fingerprint density at radius 3 is 2.76 bits per heavy atom. The van der Waals surface area contributed by atoms with Crippen molar-refractivity contribution in [1.29, 1.82) is 0 Å². The second kappa shape index (κ2) is 8.23. The zero-order valence-corrected chi connectivity index (χ0v) is 14.6. The highest BCUT2D eigenvalue weighted by Gasteiger charge is 2.33. The normalized spacial score (nSPS) is 18.0. The van der Waals surface area contributed by atoms with Gasteiger partial charge in [-0.3, -0.25) is 14.7 Å². The zero-order chi connectivity index (χ0) is 17.6. The minimum atomic E-state index is -0.206. The van der Waals surface area contributed by atoms with Crippen LogP contribution in [0.1, 0.15) is 24.0 Å². The maximum Gasteiger partial charge on any atom is 0.244 e. The van der Waals surface area contributed by atoms with Gasteiger partial charge < -0.3 is 10.0 Å². The molecule has 0 bridgehead atoms. The first kappa shape index (κ1) is 17.6. The van der Waals surface area contributed by atoms with Gasteiger partial charge >= 0.3 is 0 Å². The molecular formula is C20H25N3O2. The second-order valence-corrected chi connectivity index (χ2v) is 6.54. The molecule has 1 aliphatic rings. The minimum Gasteiger partial charge on any atom is -0.395 e. The standard InChI is InChI=1S/C20H25N3O2/c1-16-6-8-18(9-7-16)23-11-3-5-19(20(23)25)22(12-13-24)15-17-4-2-10-21-14-17/h2,4,6-10,14,19,24H,3,5,11-13,15H2,1H3. The topological polar surface area (TPSA) is 56.7 Å². The molecule has 0 spiro atoms. The summed E-state index contributed by atoms with van der Waals surface area (Å²) in [6.07, 6.45) is 5.33. The molecule has 0 saturated carbocycles. The van der Waals surface area contributed by atoms with Crippen molar-refractivity contribution in [3.63, 3.8) is 0 Å². The van der Waals surface area contributed by atoms with E-state index < -0.39 is 0 Å². The number of aromatic nitrogens is 1. The SMILES string of the molecule is Cc1ccc(N2CCCC(N(CCO)Cc3cccnc3)C2=O)cc1. The Bertz CT molecular complexity index is 688. The molecule has 2 aromatic rings. The summed E-state index contributed by atoms with van der Waals surface area (Å²) < 4.78 is 0. The maximum atomic E-state index is 13.1. The number of aryl methyl sites for hydroxylation is 1. The van der Waals surface area contributed by atoms with Crippen LogP contribution in [0, 0.1) is 6.92 Å². The van der Waals surface area contributed by atoms with Gasteiger partial charge in [0.2, 0.25) is 5.91 Å². The Kier molecular flexibility index (Phi) is 5.79. The van der Waals surface area contributed by atoms with Crippen LogP contribution in [0.5, 0.6) is 0 Å². The third-order valence-corrected chi connectivity index (χ3v) is 4.69. The first-order valence-electron chi connectivity index (χ1n) is 8.81. The molecule has 1 amide bonds. The van der Waals surface area contributed by atoms with Gasteiger partial charge in [0.15, 0.2) is 0 Å². The first-order valence-corrected chi connectivity index (χ1v) is 8.81. The molecule has 5 nitrogen and oxygen atoms in total. The largest absolute Gasteiger partial charge is 0.395 e. The lowest BCUT2D eigenvalue weighted by atomic mass is 10.0. The number of piperidine rings is 1. The van der Waals surface area contributed by atoms with E-state index in [1.54, 1.807) is 6.20 Å². The molecule has 1 aromatic carbocycles. The summed E-state index contributed by atoms with van der Waals surface area (Å²) in [4.78, 5) is 21.2. The molecule has 0 aliphatic carbocycles. The fourth-order valence-electron chi connectivity index (χ4n) is 3.38. The highest BCUT2D eigenvalue weighted by molar-refractivity contribution is 5.97. The van der Waals surface area contributed by atoms with Gasteiger partial charge in [-0.1, -0.05) is 23.8 Å². The summed E-state index contributed by atoms with van der Waals surface area (Å²) >= 11 is 0. The number of aliphatic hydroxyl groups is 1. The number of aliphatic hydroxyl groups excluding tert-OH is 1. The van der Waals surface area contributed by atoms with Crippen LogP contribution < -0.4 is 4.90 Å². The lowest BCUT2D eigenvalue weighted by Gasteiger charge is -2.38. The highest BCUT2D eigenvalue weighted by atomic mass is 16.3. The summed E-state index contributed by atoms with van der Waals surface area (Å²) in [6, 6.07) is 11.8. The molecule has 0 radical (unpaired) electrons. The summed E-state index contributed by atoms with van der Waals surface area (Å²) in [6.45, 7) is 3.92. The zero-order valence-electron chi connectivity index (χ0n) is 14.6. The number of rotatable bonds is 6. The number of anilines is 1. The van der Waals surface area contributed by atoms with Crippen LogP contribution in [-0.2, 0) is 11.3 Å². The Labute approximate surface area is 148 Å². The van der Waals surface area contributed by atoms with Crippen molar-refractivity contribution in [2.45, 2.75) is 32.4 Å². The molecule has 1 saturated heterocycles. The summed E-state index contributed by atoms with van der Waals surface area (Å²) in [5.41, 5.74) is 3.19. The molecule has 1 unspecified atom stereocenters. The van der Waals surface area contributed by atoms with E-state index in [1.807, 2.05) is 54.4 Å². The molecule has 1 fully saturated rings. The lowest BCUT2D eigenvalue weighted by molar-refractivity contribution is -0.125. The van der Waals surface area contributed by atoms with Crippen molar-refractivity contribution < 1.29 is 9.90 Å². The monoisotopic (exact) mass is 339 g/mol. The lowest BCUT2D eigenvalue weighted by Crippen LogP contribution is -2.53. The number of amides is 1. The number of carbonyl (C=O) groups is 1. The van der Waals surface area contributed by atoms with Crippen LogP contribution in [0.25, 0.3) is 0 Å². The molecule has 1 N–H and O–H groups in total. The van der Waals surface area contributed by atoms with Gasteiger partial charge in [-0.25, -0.2) is 0 Å². The van der Waals surface area contributed by atoms with E-state index in [1.165, 1.54) is 5.56 Å². The molecule has 3 rings (SSSR count). The molecule has 5 heteroatoms.